The van der Waals surface area contributed by atoms with Crippen LogP contribution in [0.15, 0.2) is 30.3 Å². The number of hydrogen-bond acceptors (Lipinski definition) is 1. The molecule has 1 saturated carbocycles. The number of halogens is 1. The van der Waals surface area contributed by atoms with E-state index in [2.05, 4.69) is 12.1 Å². The third-order valence-electron chi connectivity index (χ3n) is 2.82. The van der Waals surface area contributed by atoms with Crippen molar-refractivity contribution < 1.29 is 4.79 Å². The Labute approximate surface area is 89.1 Å². The maximum atomic E-state index is 11.2. The van der Waals surface area contributed by atoms with Gasteiger partial charge in [0.1, 0.15) is 5.78 Å². The smallest absolute Gasteiger partial charge is 0.134 e. The first-order valence-corrected chi connectivity index (χ1v) is 5.42. The van der Waals surface area contributed by atoms with Crippen LogP contribution in [0.2, 0.25) is 0 Å². The largest absolute Gasteiger partial charge is 0.300 e. The first-order chi connectivity index (χ1) is 6.77. The highest BCUT2D eigenvalue weighted by Crippen LogP contribution is 2.34. The Hall–Kier alpha value is -0.820. The summed E-state index contributed by atoms with van der Waals surface area (Å²) in [6, 6.07) is 10.2. The zero-order valence-corrected chi connectivity index (χ0v) is 8.70. The second kappa shape index (κ2) is 4.14. The van der Waals surface area contributed by atoms with E-state index in [9.17, 15) is 4.79 Å². The molecule has 0 aliphatic heterocycles. The van der Waals surface area contributed by atoms with Gasteiger partial charge in [0.15, 0.2) is 0 Å². The molecule has 0 amide bonds. The zero-order valence-electron chi connectivity index (χ0n) is 7.95. The average molecular weight is 209 g/mol. The summed E-state index contributed by atoms with van der Waals surface area (Å²) in [7, 11) is 0. The van der Waals surface area contributed by atoms with Gasteiger partial charge in [0, 0.05) is 24.1 Å². The lowest BCUT2D eigenvalue weighted by molar-refractivity contribution is -0.120. The van der Waals surface area contributed by atoms with E-state index >= 15 is 0 Å². The summed E-state index contributed by atoms with van der Waals surface area (Å²) in [5.74, 6) is 0.660. The fourth-order valence-electron chi connectivity index (χ4n) is 2.03. The Kier molecular flexibility index (Phi) is 2.87. The molecule has 0 radical (unpaired) electrons. The molecule has 2 heteroatoms. The molecule has 1 aliphatic rings. The van der Waals surface area contributed by atoms with Crippen molar-refractivity contribution in [1.82, 2.24) is 0 Å². The van der Waals surface area contributed by atoms with Crippen LogP contribution >= 0.6 is 11.6 Å². The van der Waals surface area contributed by atoms with Crippen molar-refractivity contribution in [3.05, 3.63) is 35.9 Å². The molecule has 1 fully saturated rings. The maximum Gasteiger partial charge on any atom is 0.134 e. The van der Waals surface area contributed by atoms with E-state index in [1.165, 1.54) is 5.56 Å². The van der Waals surface area contributed by atoms with Gasteiger partial charge in [0.05, 0.1) is 0 Å². The SMILES string of the molecule is O=C1CCC(c2ccccc2)C(Cl)C1. The summed E-state index contributed by atoms with van der Waals surface area (Å²) >= 11 is 6.19. The highest BCUT2D eigenvalue weighted by atomic mass is 35.5. The Bertz CT molecular complexity index is 320. The van der Waals surface area contributed by atoms with Gasteiger partial charge < -0.3 is 0 Å². The molecule has 0 saturated heterocycles. The summed E-state index contributed by atoms with van der Waals surface area (Å²) < 4.78 is 0. The lowest BCUT2D eigenvalue weighted by Crippen LogP contribution is -2.23. The lowest BCUT2D eigenvalue weighted by Gasteiger charge is -2.26. The molecule has 1 nitrogen and oxygen atoms in total. The van der Waals surface area contributed by atoms with Crippen molar-refractivity contribution in [3.63, 3.8) is 0 Å². The number of Topliss-reactive ketones (excluding diaryl/α,β-unsaturated/α-hetero) is 1. The molecule has 2 atom stereocenters. The van der Waals surface area contributed by atoms with Crippen molar-refractivity contribution in [3.8, 4) is 0 Å². The first-order valence-electron chi connectivity index (χ1n) is 4.98. The molecule has 1 aromatic carbocycles. The van der Waals surface area contributed by atoms with Gasteiger partial charge in [-0.05, 0) is 12.0 Å². The lowest BCUT2D eigenvalue weighted by atomic mass is 9.83. The van der Waals surface area contributed by atoms with Crippen LogP contribution in [0.25, 0.3) is 0 Å². The molecule has 0 spiro atoms. The number of carbonyl (C=O) groups excluding carboxylic acids is 1. The quantitative estimate of drug-likeness (QED) is 0.648. The van der Waals surface area contributed by atoms with Gasteiger partial charge in [0.25, 0.3) is 0 Å². The standard InChI is InChI=1S/C12H13ClO/c13-12-8-10(14)6-7-11(12)9-4-2-1-3-5-9/h1-5,11-12H,6-8H2. The van der Waals surface area contributed by atoms with Gasteiger partial charge in [-0.15, -0.1) is 11.6 Å². The number of carbonyl (C=O) groups is 1. The predicted octanol–water partition coefficient (Wildman–Crippen LogP) is 3.13. The molecular formula is C12H13ClO. The van der Waals surface area contributed by atoms with Crippen LogP contribution in [-0.2, 0) is 4.79 Å². The molecular weight excluding hydrogens is 196 g/mol. The van der Waals surface area contributed by atoms with Crippen LogP contribution in [0.4, 0.5) is 0 Å². The Morgan fingerprint density at radius 3 is 2.57 bits per heavy atom. The Balaban J connectivity index is 2.16. The zero-order chi connectivity index (χ0) is 9.97. The normalized spacial score (nSPS) is 27.6. The second-order valence-electron chi connectivity index (χ2n) is 3.81. The van der Waals surface area contributed by atoms with Gasteiger partial charge in [-0.3, -0.25) is 4.79 Å². The van der Waals surface area contributed by atoms with Gasteiger partial charge in [-0.2, -0.15) is 0 Å². The highest BCUT2D eigenvalue weighted by Gasteiger charge is 2.28. The van der Waals surface area contributed by atoms with Crippen molar-refractivity contribution in [2.75, 3.05) is 0 Å². The van der Waals surface area contributed by atoms with Crippen molar-refractivity contribution in [2.45, 2.75) is 30.6 Å². The summed E-state index contributed by atoms with van der Waals surface area (Å²) in [6.07, 6.45) is 2.11. The van der Waals surface area contributed by atoms with Crippen LogP contribution in [-0.4, -0.2) is 11.2 Å². The van der Waals surface area contributed by atoms with E-state index in [0.29, 0.717) is 24.5 Å². The molecule has 2 unspecified atom stereocenters. The molecule has 1 aliphatic carbocycles. The molecule has 0 bridgehead atoms. The van der Waals surface area contributed by atoms with Crippen LogP contribution in [0.3, 0.4) is 0 Å². The van der Waals surface area contributed by atoms with Crippen molar-refractivity contribution in [1.29, 1.82) is 0 Å². The first kappa shape index (κ1) is 9.72. The van der Waals surface area contributed by atoms with Crippen molar-refractivity contribution >= 4 is 17.4 Å². The van der Waals surface area contributed by atoms with E-state index in [4.69, 9.17) is 11.6 Å². The van der Waals surface area contributed by atoms with Crippen LogP contribution < -0.4 is 0 Å². The fourth-order valence-corrected chi connectivity index (χ4v) is 2.48. The van der Waals surface area contributed by atoms with E-state index in [1.54, 1.807) is 0 Å². The third-order valence-corrected chi connectivity index (χ3v) is 3.28. The molecule has 1 aromatic rings. The van der Waals surface area contributed by atoms with Crippen molar-refractivity contribution in [2.24, 2.45) is 0 Å². The van der Waals surface area contributed by atoms with Crippen LogP contribution in [0, 0.1) is 0 Å². The average Bonchev–Trinajstić information content (AvgIpc) is 2.19. The fraction of sp³-hybridized carbons (Fsp3) is 0.417. The van der Waals surface area contributed by atoms with Gasteiger partial charge in [-0.25, -0.2) is 0 Å². The molecule has 0 heterocycles. The Morgan fingerprint density at radius 1 is 1.21 bits per heavy atom. The molecule has 14 heavy (non-hydrogen) atoms. The molecule has 0 N–H and O–H groups in total. The number of hydrogen-bond donors (Lipinski definition) is 0. The third kappa shape index (κ3) is 1.98. The monoisotopic (exact) mass is 208 g/mol. The second-order valence-corrected chi connectivity index (χ2v) is 4.38. The highest BCUT2D eigenvalue weighted by molar-refractivity contribution is 6.22. The van der Waals surface area contributed by atoms with E-state index in [0.717, 1.165) is 6.42 Å². The Morgan fingerprint density at radius 2 is 1.93 bits per heavy atom. The van der Waals surface area contributed by atoms with Crippen LogP contribution in [0.5, 0.6) is 0 Å². The number of ketones is 1. The van der Waals surface area contributed by atoms with E-state index in [1.807, 2.05) is 18.2 Å². The van der Waals surface area contributed by atoms with Gasteiger partial charge >= 0.3 is 0 Å². The topological polar surface area (TPSA) is 17.1 Å². The summed E-state index contributed by atoms with van der Waals surface area (Å²) in [5, 5.41) is -0.0151. The molecule has 74 valence electrons. The van der Waals surface area contributed by atoms with Crippen LogP contribution in [0.1, 0.15) is 30.7 Å². The number of rotatable bonds is 1. The van der Waals surface area contributed by atoms with E-state index < -0.39 is 0 Å². The van der Waals surface area contributed by atoms with Gasteiger partial charge in [0.2, 0.25) is 0 Å². The summed E-state index contributed by atoms with van der Waals surface area (Å²) in [6.45, 7) is 0. The number of alkyl halides is 1. The summed E-state index contributed by atoms with van der Waals surface area (Å²) in [5.41, 5.74) is 1.26. The minimum atomic E-state index is -0.0151. The molecule has 0 aromatic heterocycles. The maximum absolute atomic E-state index is 11.2. The number of benzene rings is 1. The van der Waals surface area contributed by atoms with Gasteiger partial charge in [-0.1, -0.05) is 30.3 Å². The summed E-state index contributed by atoms with van der Waals surface area (Å²) in [4.78, 5) is 11.2. The minimum absolute atomic E-state index is 0.0151. The van der Waals surface area contributed by atoms with E-state index in [-0.39, 0.29) is 5.38 Å². The molecule has 2 rings (SSSR count). The predicted molar refractivity (Wildman–Crippen MR) is 57.7 cm³/mol. The minimum Gasteiger partial charge on any atom is -0.300 e.